The summed E-state index contributed by atoms with van der Waals surface area (Å²) in [5.41, 5.74) is 3.08. The van der Waals surface area contributed by atoms with Crippen LogP contribution in [0, 0.1) is 0 Å². The number of para-hydroxylation sites is 1. The third-order valence-corrected chi connectivity index (χ3v) is 6.74. The summed E-state index contributed by atoms with van der Waals surface area (Å²) in [5, 5.41) is 9.23. The van der Waals surface area contributed by atoms with Crippen molar-refractivity contribution in [1.29, 1.82) is 0 Å². The quantitative estimate of drug-likeness (QED) is 0.436. The summed E-state index contributed by atoms with van der Waals surface area (Å²) in [4.78, 5) is 28.7. The van der Waals surface area contributed by atoms with Gasteiger partial charge in [0.15, 0.2) is 0 Å². The molecule has 0 saturated carbocycles. The SMILES string of the molecule is O=C(Nc1ccc(N2CCc3sccc3C2)cc1)c1ccc(=O)n(CCOc2ccccc2)n1. The highest BCUT2D eigenvalue weighted by molar-refractivity contribution is 7.10. The molecule has 1 amide bonds. The number of ether oxygens (including phenoxy) is 1. The number of hydrogen-bond donors (Lipinski definition) is 1. The molecule has 0 aliphatic carbocycles. The van der Waals surface area contributed by atoms with Crippen LogP contribution in [0.5, 0.6) is 5.75 Å². The van der Waals surface area contributed by atoms with E-state index < -0.39 is 0 Å². The number of fused-ring (bicyclic) bond motifs is 1. The molecule has 0 radical (unpaired) electrons. The zero-order valence-electron chi connectivity index (χ0n) is 18.5. The van der Waals surface area contributed by atoms with Crippen molar-refractivity contribution in [3.63, 3.8) is 0 Å². The molecule has 1 aliphatic heterocycles. The summed E-state index contributed by atoms with van der Waals surface area (Å²) >= 11 is 1.83. The first-order valence-corrected chi connectivity index (χ1v) is 12.0. The Morgan fingerprint density at radius 1 is 1.03 bits per heavy atom. The molecule has 172 valence electrons. The molecular formula is C26H24N4O3S. The molecule has 0 spiro atoms. The van der Waals surface area contributed by atoms with Crippen LogP contribution in [-0.4, -0.2) is 28.8 Å². The minimum Gasteiger partial charge on any atom is -0.492 e. The van der Waals surface area contributed by atoms with Gasteiger partial charge in [-0.3, -0.25) is 9.59 Å². The molecule has 0 unspecified atom stereocenters. The van der Waals surface area contributed by atoms with E-state index in [2.05, 4.69) is 26.8 Å². The second-order valence-corrected chi connectivity index (χ2v) is 8.98. The maximum absolute atomic E-state index is 12.7. The van der Waals surface area contributed by atoms with Crippen molar-refractivity contribution >= 4 is 28.6 Å². The molecule has 0 saturated heterocycles. The van der Waals surface area contributed by atoms with E-state index in [9.17, 15) is 9.59 Å². The van der Waals surface area contributed by atoms with E-state index in [4.69, 9.17) is 4.74 Å². The number of hydrogen-bond acceptors (Lipinski definition) is 6. The van der Waals surface area contributed by atoms with E-state index in [1.165, 1.54) is 27.3 Å². The normalized spacial score (nSPS) is 12.8. The average molecular weight is 473 g/mol. The van der Waals surface area contributed by atoms with Crippen molar-refractivity contribution < 1.29 is 9.53 Å². The lowest BCUT2D eigenvalue weighted by Crippen LogP contribution is -2.29. The fraction of sp³-hybridized carbons (Fsp3) is 0.192. The number of carbonyl (C=O) groups is 1. The number of nitrogens with one attached hydrogen (secondary N) is 1. The average Bonchev–Trinajstić information content (AvgIpc) is 3.34. The lowest BCUT2D eigenvalue weighted by Gasteiger charge is -2.29. The molecule has 8 heteroatoms. The van der Waals surface area contributed by atoms with Crippen LogP contribution in [0.15, 0.2) is 83.0 Å². The molecule has 7 nitrogen and oxygen atoms in total. The summed E-state index contributed by atoms with van der Waals surface area (Å²) < 4.78 is 6.88. The van der Waals surface area contributed by atoms with Crippen LogP contribution < -0.4 is 20.5 Å². The standard InChI is InChI=1S/C26H24N4O3S/c31-25-11-10-23(28-30(25)15-16-33-22-4-2-1-3-5-22)26(32)27-20-6-8-21(9-7-20)29-14-12-24-19(18-29)13-17-34-24/h1-11,13,17H,12,14-16,18H2,(H,27,32). The van der Waals surface area contributed by atoms with Gasteiger partial charge in [-0.2, -0.15) is 5.10 Å². The first kappa shape index (κ1) is 21.9. The Balaban J connectivity index is 1.20. The molecule has 0 atom stereocenters. The maximum atomic E-state index is 12.7. The summed E-state index contributed by atoms with van der Waals surface area (Å²) in [6, 6.07) is 22.1. The van der Waals surface area contributed by atoms with Gasteiger partial charge in [0.25, 0.3) is 11.5 Å². The first-order chi connectivity index (χ1) is 16.7. The van der Waals surface area contributed by atoms with Gasteiger partial charge in [0, 0.05) is 35.4 Å². The monoisotopic (exact) mass is 472 g/mol. The highest BCUT2D eigenvalue weighted by Gasteiger charge is 2.17. The van der Waals surface area contributed by atoms with E-state index in [0.29, 0.717) is 11.4 Å². The van der Waals surface area contributed by atoms with Crippen molar-refractivity contribution in [2.75, 3.05) is 23.4 Å². The smallest absolute Gasteiger partial charge is 0.276 e. The number of benzene rings is 2. The van der Waals surface area contributed by atoms with Gasteiger partial charge >= 0.3 is 0 Å². The van der Waals surface area contributed by atoms with Gasteiger partial charge in [-0.15, -0.1) is 11.3 Å². The van der Waals surface area contributed by atoms with Gasteiger partial charge in [0.05, 0.1) is 6.54 Å². The third-order valence-electron chi connectivity index (χ3n) is 5.71. The predicted molar refractivity (Wildman–Crippen MR) is 134 cm³/mol. The Kier molecular flexibility index (Phi) is 6.40. The molecule has 0 fully saturated rings. The van der Waals surface area contributed by atoms with Crippen LogP contribution >= 0.6 is 11.3 Å². The molecule has 0 bridgehead atoms. The van der Waals surface area contributed by atoms with Crippen molar-refractivity contribution in [3.8, 4) is 5.75 Å². The number of nitrogens with zero attached hydrogens (tertiary/aromatic N) is 3. The largest absolute Gasteiger partial charge is 0.492 e. The molecular weight excluding hydrogens is 448 g/mol. The molecule has 2 aromatic heterocycles. The zero-order chi connectivity index (χ0) is 23.3. The summed E-state index contributed by atoms with van der Waals surface area (Å²) in [7, 11) is 0. The molecule has 34 heavy (non-hydrogen) atoms. The number of anilines is 2. The van der Waals surface area contributed by atoms with Crippen molar-refractivity contribution in [3.05, 3.63) is 105 Å². The minimum atomic E-state index is -0.369. The number of carbonyl (C=O) groups excluding carboxylic acids is 1. The molecule has 1 N–H and O–H groups in total. The molecule has 1 aliphatic rings. The van der Waals surface area contributed by atoms with Crippen LogP contribution in [0.25, 0.3) is 0 Å². The number of thiophene rings is 1. The van der Waals surface area contributed by atoms with Crippen LogP contribution in [0.4, 0.5) is 11.4 Å². The summed E-state index contributed by atoms with van der Waals surface area (Å²) in [5.74, 6) is 0.347. The van der Waals surface area contributed by atoms with Crippen LogP contribution in [0.3, 0.4) is 0 Å². The van der Waals surface area contributed by atoms with Gasteiger partial charge in [-0.25, -0.2) is 4.68 Å². The number of aromatic nitrogens is 2. The predicted octanol–water partition coefficient (Wildman–Crippen LogP) is 4.20. The molecule has 3 heterocycles. The second kappa shape index (κ2) is 9.93. The second-order valence-electron chi connectivity index (χ2n) is 7.98. The molecule has 2 aromatic carbocycles. The van der Waals surface area contributed by atoms with Crippen LogP contribution in [0.2, 0.25) is 0 Å². The van der Waals surface area contributed by atoms with Crippen molar-refractivity contribution in [2.45, 2.75) is 19.5 Å². The Morgan fingerprint density at radius 3 is 2.68 bits per heavy atom. The molecule has 5 rings (SSSR count). The summed E-state index contributed by atoms with van der Waals surface area (Å²) in [6.07, 6.45) is 1.06. The topological polar surface area (TPSA) is 76.5 Å². The van der Waals surface area contributed by atoms with Crippen molar-refractivity contribution in [1.82, 2.24) is 9.78 Å². The van der Waals surface area contributed by atoms with Gasteiger partial charge in [-0.1, -0.05) is 18.2 Å². The lowest BCUT2D eigenvalue weighted by molar-refractivity contribution is 0.101. The highest BCUT2D eigenvalue weighted by Crippen LogP contribution is 2.28. The van der Waals surface area contributed by atoms with E-state index in [-0.39, 0.29) is 30.3 Å². The lowest BCUT2D eigenvalue weighted by atomic mass is 10.1. The zero-order valence-corrected chi connectivity index (χ0v) is 19.3. The van der Waals surface area contributed by atoms with Gasteiger partial charge in [0.1, 0.15) is 18.1 Å². The number of rotatable bonds is 7. The first-order valence-electron chi connectivity index (χ1n) is 11.1. The van der Waals surface area contributed by atoms with E-state index in [0.717, 1.165) is 25.2 Å². The fourth-order valence-corrected chi connectivity index (χ4v) is 4.81. The van der Waals surface area contributed by atoms with Gasteiger partial charge in [-0.05, 0) is 65.9 Å². The maximum Gasteiger partial charge on any atom is 0.276 e. The van der Waals surface area contributed by atoms with Crippen molar-refractivity contribution in [2.24, 2.45) is 0 Å². The Morgan fingerprint density at radius 2 is 1.85 bits per heavy atom. The Hall–Kier alpha value is -3.91. The van der Waals surface area contributed by atoms with Crippen LogP contribution in [0.1, 0.15) is 20.9 Å². The number of amides is 1. The highest BCUT2D eigenvalue weighted by atomic mass is 32.1. The Bertz CT molecular complexity index is 1330. The molecule has 4 aromatic rings. The van der Waals surface area contributed by atoms with E-state index in [1.807, 2.05) is 65.9 Å². The minimum absolute atomic E-state index is 0.171. The third kappa shape index (κ3) is 5.02. The van der Waals surface area contributed by atoms with Gasteiger partial charge < -0.3 is 15.0 Å². The van der Waals surface area contributed by atoms with E-state index >= 15 is 0 Å². The van der Waals surface area contributed by atoms with E-state index in [1.54, 1.807) is 0 Å². The fourth-order valence-electron chi connectivity index (χ4n) is 3.92. The van der Waals surface area contributed by atoms with Crippen LogP contribution in [-0.2, 0) is 19.5 Å². The Labute approximate surface area is 201 Å². The summed E-state index contributed by atoms with van der Waals surface area (Å²) in [6.45, 7) is 2.40. The van der Waals surface area contributed by atoms with Gasteiger partial charge in [0.2, 0.25) is 0 Å².